The highest BCUT2D eigenvalue weighted by atomic mass is 16.6. The average Bonchev–Trinajstić information content (AvgIpc) is 3.23. The summed E-state index contributed by atoms with van der Waals surface area (Å²) in [7, 11) is 0. The predicted molar refractivity (Wildman–Crippen MR) is 77.0 cm³/mol. The second-order valence-electron chi connectivity index (χ2n) is 5.77. The van der Waals surface area contributed by atoms with Crippen molar-refractivity contribution in [2.75, 3.05) is 6.61 Å². The summed E-state index contributed by atoms with van der Waals surface area (Å²) in [6.07, 6.45) is 0.0912. The monoisotopic (exact) mass is 270 g/mol. The largest absolute Gasteiger partial charge is 0.508 e. The van der Waals surface area contributed by atoms with E-state index < -0.39 is 0 Å². The van der Waals surface area contributed by atoms with Crippen LogP contribution in [-0.4, -0.2) is 16.8 Å². The summed E-state index contributed by atoms with van der Waals surface area (Å²) in [6.45, 7) is 4.98. The topological polar surface area (TPSA) is 53.0 Å². The maximum absolute atomic E-state index is 9.70. The first-order valence-corrected chi connectivity index (χ1v) is 6.73. The van der Waals surface area contributed by atoms with Gasteiger partial charge >= 0.3 is 0 Å². The van der Waals surface area contributed by atoms with Crippen molar-refractivity contribution >= 4 is 0 Å². The molecule has 3 nitrogen and oxygen atoms in total. The van der Waals surface area contributed by atoms with Crippen LogP contribution in [0.4, 0.5) is 0 Å². The summed E-state index contributed by atoms with van der Waals surface area (Å²) < 4.78 is 5.39. The molecule has 3 heteroatoms. The zero-order valence-corrected chi connectivity index (χ0v) is 11.6. The van der Waals surface area contributed by atoms with Crippen molar-refractivity contribution in [3.8, 4) is 11.5 Å². The molecule has 0 spiro atoms. The Morgan fingerprint density at radius 3 is 2.20 bits per heavy atom. The molecule has 1 aliphatic rings. The first kappa shape index (κ1) is 13.0. The van der Waals surface area contributed by atoms with Crippen molar-refractivity contribution in [2.45, 2.75) is 25.4 Å². The van der Waals surface area contributed by atoms with Gasteiger partial charge in [0.1, 0.15) is 17.6 Å². The first-order chi connectivity index (χ1) is 9.48. The summed E-state index contributed by atoms with van der Waals surface area (Å²) >= 11 is 0. The van der Waals surface area contributed by atoms with Gasteiger partial charge in [-0.05, 0) is 41.0 Å². The highest BCUT2D eigenvalue weighted by Gasteiger charge is 2.33. The molecule has 1 aliphatic heterocycles. The number of phenolic OH excluding ortho intramolecular Hbond substituents is 2. The van der Waals surface area contributed by atoms with Gasteiger partial charge in [-0.3, -0.25) is 0 Å². The van der Waals surface area contributed by atoms with Crippen LogP contribution in [0.15, 0.2) is 42.5 Å². The number of benzene rings is 2. The van der Waals surface area contributed by atoms with Gasteiger partial charge in [-0.1, -0.05) is 32.0 Å². The van der Waals surface area contributed by atoms with Crippen molar-refractivity contribution in [3.05, 3.63) is 59.2 Å². The van der Waals surface area contributed by atoms with Gasteiger partial charge in [0, 0.05) is 5.41 Å². The van der Waals surface area contributed by atoms with Crippen molar-refractivity contribution in [3.63, 3.8) is 0 Å². The molecule has 0 bridgehead atoms. The van der Waals surface area contributed by atoms with Crippen molar-refractivity contribution in [1.82, 2.24) is 0 Å². The van der Waals surface area contributed by atoms with Gasteiger partial charge in [0.25, 0.3) is 0 Å². The molecule has 20 heavy (non-hydrogen) atoms. The fourth-order valence-corrected chi connectivity index (χ4v) is 2.65. The highest BCUT2D eigenvalue weighted by Crippen LogP contribution is 2.42. The lowest BCUT2D eigenvalue weighted by Crippen LogP contribution is -2.20. The SMILES string of the molecule is CC(C)(c1ccc(O)cc1)c1ccc(O)cc1C1CO1. The Morgan fingerprint density at radius 1 is 1.00 bits per heavy atom. The van der Waals surface area contributed by atoms with E-state index in [1.54, 1.807) is 24.3 Å². The molecule has 1 atom stereocenters. The molecule has 1 saturated heterocycles. The lowest BCUT2D eigenvalue weighted by atomic mass is 9.75. The predicted octanol–water partition coefficient (Wildman–Crippen LogP) is 3.50. The Hall–Kier alpha value is -2.00. The van der Waals surface area contributed by atoms with Crippen LogP contribution < -0.4 is 0 Å². The van der Waals surface area contributed by atoms with Gasteiger partial charge in [-0.2, -0.15) is 0 Å². The Labute approximate surface area is 118 Å². The summed E-state index contributed by atoms with van der Waals surface area (Å²) in [5.41, 5.74) is 3.08. The average molecular weight is 270 g/mol. The molecule has 1 heterocycles. The number of hydrogen-bond donors (Lipinski definition) is 2. The number of phenols is 2. The lowest BCUT2D eigenvalue weighted by molar-refractivity contribution is 0.409. The van der Waals surface area contributed by atoms with Crippen molar-refractivity contribution in [2.24, 2.45) is 0 Å². The maximum atomic E-state index is 9.70. The summed E-state index contributed by atoms with van der Waals surface area (Å²) in [4.78, 5) is 0. The van der Waals surface area contributed by atoms with Gasteiger partial charge < -0.3 is 14.9 Å². The fraction of sp³-hybridized carbons (Fsp3) is 0.294. The number of hydrogen-bond acceptors (Lipinski definition) is 3. The fourth-order valence-electron chi connectivity index (χ4n) is 2.65. The third kappa shape index (κ3) is 2.25. The number of ether oxygens (including phenoxy) is 1. The van der Waals surface area contributed by atoms with Gasteiger partial charge in [0.05, 0.1) is 6.61 Å². The van der Waals surface area contributed by atoms with Gasteiger partial charge in [-0.25, -0.2) is 0 Å². The van der Waals surface area contributed by atoms with Crippen LogP contribution in [0.3, 0.4) is 0 Å². The molecule has 0 amide bonds. The lowest BCUT2D eigenvalue weighted by Gasteiger charge is -2.28. The molecular formula is C17H18O3. The van der Waals surface area contributed by atoms with E-state index in [4.69, 9.17) is 4.74 Å². The van der Waals surface area contributed by atoms with Gasteiger partial charge in [-0.15, -0.1) is 0 Å². The molecule has 2 aromatic rings. The Balaban J connectivity index is 2.08. The van der Waals surface area contributed by atoms with Crippen molar-refractivity contribution in [1.29, 1.82) is 0 Å². The Kier molecular flexibility index (Phi) is 2.94. The van der Waals surface area contributed by atoms with E-state index in [9.17, 15) is 10.2 Å². The maximum Gasteiger partial charge on any atom is 0.115 e. The van der Waals surface area contributed by atoms with Gasteiger partial charge in [0.2, 0.25) is 0 Å². The first-order valence-electron chi connectivity index (χ1n) is 6.73. The molecule has 2 aromatic carbocycles. The third-order valence-electron chi connectivity index (χ3n) is 3.98. The van der Waals surface area contributed by atoms with E-state index in [1.807, 2.05) is 18.2 Å². The summed E-state index contributed by atoms with van der Waals surface area (Å²) in [5.74, 6) is 0.529. The Bertz CT molecular complexity index is 625. The van der Waals surface area contributed by atoms with Gasteiger partial charge in [0.15, 0.2) is 0 Å². The van der Waals surface area contributed by atoms with E-state index in [1.165, 1.54) is 0 Å². The summed E-state index contributed by atoms with van der Waals surface area (Å²) in [5, 5.41) is 19.1. The molecule has 0 radical (unpaired) electrons. The smallest absolute Gasteiger partial charge is 0.115 e. The van der Waals surface area contributed by atoms with E-state index in [-0.39, 0.29) is 23.0 Å². The number of epoxide rings is 1. The van der Waals surface area contributed by atoms with E-state index in [0.29, 0.717) is 6.61 Å². The third-order valence-corrected chi connectivity index (χ3v) is 3.98. The number of aromatic hydroxyl groups is 2. The zero-order valence-electron chi connectivity index (χ0n) is 11.6. The van der Waals surface area contributed by atoms with Crippen LogP contribution >= 0.6 is 0 Å². The molecule has 0 aromatic heterocycles. The summed E-state index contributed by atoms with van der Waals surface area (Å²) in [6, 6.07) is 12.7. The molecule has 1 fully saturated rings. The van der Waals surface area contributed by atoms with Crippen molar-refractivity contribution < 1.29 is 14.9 Å². The minimum absolute atomic E-state index is 0.0912. The second-order valence-corrected chi connectivity index (χ2v) is 5.77. The van der Waals surface area contributed by atoms with Crippen LogP contribution in [0.25, 0.3) is 0 Å². The van der Waals surface area contributed by atoms with E-state index in [2.05, 4.69) is 13.8 Å². The molecule has 2 N–H and O–H groups in total. The van der Waals surface area contributed by atoms with Crippen LogP contribution in [0.2, 0.25) is 0 Å². The molecule has 0 saturated carbocycles. The standard InChI is InChI=1S/C17H18O3/c1-17(2,11-3-5-12(18)6-4-11)15-8-7-13(19)9-14(15)16-10-20-16/h3-9,16,18-19H,10H2,1-2H3. The molecule has 0 aliphatic carbocycles. The second kappa shape index (κ2) is 4.53. The quantitative estimate of drug-likeness (QED) is 0.839. The zero-order chi connectivity index (χ0) is 14.3. The highest BCUT2D eigenvalue weighted by molar-refractivity contribution is 5.47. The molecule has 1 unspecified atom stereocenters. The van der Waals surface area contributed by atoms with E-state index in [0.717, 1.165) is 16.7 Å². The van der Waals surface area contributed by atoms with E-state index >= 15 is 0 Å². The normalized spacial score (nSPS) is 18.0. The molecular weight excluding hydrogens is 252 g/mol. The van der Waals surface area contributed by atoms with Crippen LogP contribution in [-0.2, 0) is 10.2 Å². The minimum atomic E-state index is -0.220. The minimum Gasteiger partial charge on any atom is -0.508 e. The number of rotatable bonds is 3. The Morgan fingerprint density at radius 2 is 1.60 bits per heavy atom. The molecule has 3 rings (SSSR count). The van der Waals surface area contributed by atoms with Crippen LogP contribution in [0, 0.1) is 0 Å². The van der Waals surface area contributed by atoms with Crippen LogP contribution in [0.1, 0.15) is 36.6 Å². The molecule has 104 valence electrons. The van der Waals surface area contributed by atoms with Crippen LogP contribution in [0.5, 0.6) is 11.5 Å².